The van der Waals surface area contributed by atoms with Crippen LogP contribution in [0.4, 0.5) is 5.69 Å². The molecule has 7 heteroatoms. The van der Waals surface area contributed by atoms with E-state index in [1.54, 1.807) is 30.3 Å². The summed E-state index contributed by atoms with van der Waals surface area (Å²) in [5, 5.41) is 0.468. The molecule has 2 rings (SSSR count). The van der Waals surface area contributed by atoms with Gasteiger partial charge in [0.2, 0.25) is 0 Å². The van der Waals surface area contributed by atoms with Crippen LogP contribution in [0.3, 0.4) is 0 Å². The molecule has 21 heavy (non-hydrogen) atoms. The number of para-hydroxylation sites is 1. The molecule has 1 N–H and O–H groups in total. The molecule has 1 amide bonds. The first kappa shape index (κ1) is 15.3. The molecule has 0 heterocycles. The van der Waals surface area contributed by atoms with Gasteiger partial charge in [0.1, 0.15) is 0 Å². The van der Waals surface area contributed by atoms with Crippen molar-refractivity contribution in [3.8, 4) is 0 Å². The van der Waals surface area contributed by atoms with E-state index in [-0.39, 0.29) is 5.56 Å². The number of amides is 1. The largest absolute Gasteiger partial charge is 0.326 e. The van der Waals surface area contributed by atoms with Crippen LogP contribution >= 0.6 is 11.6 Å². The van der Waals surface area contributed by atoms with Gasteiger partial charge in [-0.1, -0.05) is 29.8 Å². The van der Waals surface area contributed by atoms with Crippen LogP contribution in [0.5, 0.6) is 0 Å². The first-order valence-electron chi connectivity index (χ1n) is 6.02. The predicted molar refractivity (Wildman–Crippen MR) is 82.7 cm³/mol. The summed E-state index contributed by atoms with van der Waals surface area (Å²) in [5.74, 6) is -0.713. The van der Waals surface area contributed by atoms with Crippen molar-refractivity contribution in [1.82, 2.24) is 4.72 Å². The highest BCUT2D eigenvalue weighted by molar-refractivity contribution is 7.91. The smallest absolute Gasteiger partial charge is 0.268 e. The van der Waals surface area contributed by atoms with Crippen molar-refractivity contribution in [3.05, 3.63) is 65.2 Å². The summed E-state index contributed by atoms with van der Waals surface area (Å²) < 4.78 is 27.3. The molecule has 0 radical (unpaired) electrons. The molecule has 0 unspecified atom stereocenters. The van der Waals surface area contributed by atoms with E-state index < -0.39 is 16.1 Å². The lowest BCUT2D eigenvalue weighted by molar-refractivity contribution is 0.0981. The van der Waals surface area contributed by atoms with E-state index in [1.165, 1.54) is 31.3 Å². The zero-order chi connectivity index (χ0) is 15.5. The molecule has 0 spiro atoms. The van der Waals surface area contributed by atoms with Crippen LogP contribution < -0.4 is 9.03 Å². The Hall–Kier alpha value is -2.05. The molecule has 2 aromatic rings. The fourth-order valence-electron chi connectivity index (χ4n) is 1.62. The van der Waals surface area contributed by atoms with Gasteiger partial charge in [0.25, 0.3) is 5.91 Å². The van der Waals surface area contributed by atoms with Crippen molar-refractivity contribution < 1.29 is 13.2 Å². The number of hydrogen-bond acceptors (Lipinski definition) is 3. The summed E-state index contributed by atoms with van der Waals surface area (Å²) in [6.07, 6.45) is 0. The second-order valence-electron chi connectivity index (χ2n) is 4.25. The number of benzene rings is 2. The molecule has 0 bridgehead atoms. The van der Waals surface area contributed by atoms with E-state index in [9.17, 15) is 13.2 Å². The van der Waals surface area contributed by atoms with Crippen LogP contribution in [-0.4, -0.2) is 21.4 Å². The fourth-order valence-corrected chi connectivity index (χ4v) is 2.64. The van der Waals surface area contributed by atoms with Crippen molar-refractivity contribution in [3.63, 3.8) is 0 Å². The van der Waals surface area contributed by atoms with Crippen LogP contribution in [0, 0.1) is 0 Å². The van der Waals surface area contributed by atoms with Crippen molar-refractivity contribution in [2.75, 3.05) is 11.4 Å². The van der Waals surface area contributed by atoms with Gasteiger partial charge in [0.15, 0.2) is 0 Å². The van der Waals surface area contributed by atoms with Crippen molar-refractivity contribution in [2.45, 2.75) is 0 Å². The molecule has 0 aliphatic carbocycles. The van der Waals surface area contributed by atoms with Crippen molar-refractivity contribution >= 4 is 33.4 Å². The van der Waals surface area contributed by atoms with Crippen LogP contribution in [0.25, 0.3) is 0 Å². The number of hydrogen-bond donors (Lipinski definition) is 1. The molecule has 110 valence electrons. The molecule has 0 fully saturated rings. The summed E-state index contributed by atoms with van der Waals surface area (Å²) in [6, 6.07) is 14.4. The fraction of sp³-hybridized carbons (Fsp3) is 0.0714. The van der Waals surface area contributed by atoms with Gasteiger partial charge in [-0.3, -0.25) is 9.10 Å². The maximum Gasteiger partial charge on any atom is 0.326 e. The zero-order valence-corrected chi connectivity index (χ0v) is 12.7. The molecule has 0 saturated heterocycles. The molecular weight excluding hydrogens is 312 g/mol. The monoisotopic (exact) mass is 324 g/mol. The molecule has 5 nitrogen and oxygen atoms in total. The van der Waals surface area contributed by atoms with Crippen LogP contribution in [0.1, 0.15) is 10.4 Å². The van der Waals surface area contributed by atoms with Crippen molar-refractivity contribution in [1.29, 1.82) is 0 Å². The molecule has 0 saturated carbocycles. The van der Waals surface area contributed by atoms with Crippen LogP contribution in [0.2, 0.25) is 5.02 Å². The number of anilines is 1. The maximum absolute atomic E-state index is 12.1. The normalized spacial score (nSPS) is 11.0. The number of rotatable bonds is 4. The molecular formula is C14H13ClN2O3S. The minimum atomic E-state index is -3.97. The number of carbonyl (C=O) groups is 1. The van der Waals surface area contributed by atoms with Gasteiger partial charge in [-0.25, -0.2) is 4.72 Å². The summed E-state index contributed by atoms with van der Waals surface area (Å²) >= 11 is 5.72. The van der Waals surface area contributed by atoms with E-state index in [1.807, 2.05) is 4.72 Å². The zero-order valence-electron chi connectivity index (χ0n) is 11.2. The lowest BCUT2D eigenvalue weighted by atomic mass is 10.2. The minimum Gasteiger partial charge on any atom is -0.268 e. The Bertz CT molecular complexity index is 731. The molecule has 0 aliphatic rings. The number of nitrogens with zero attached hydrogens (tertiary/aromatic N) is 1. The standard InChI is InChI=1S/C14H13ClN2O3S/c1-17(13-5-3-2-4-6-13)21(19,20)16-14(18)11-7-9-12(15)10-8-11/h2-10H,1H3,(H,16,18). The number of carbonyl (C=O) groups excluding carboxylic acids is 1. The predicted octanol–water partition coefficient (Wildman–Crippen LogP) is 2.45. The third kappa shape index (κ3) is 3.74. The third-order valence-electron chi connectivity index (χ3n) is 2.81. The average molecular weight is 325 g/mol. The summed E-state index contributed by atoms with van der Waals surface area (Å²) in [5.41, 5.74) is 0.665. The number of halogens is 1. The van der Waals surface area contributed by atoms with Gasteiger partial charge in [0.05, 0.1) is 5.69 Å². The highest BCUT2D eigenvalue weighted by Crippen LogP contribution is 2.15. The number of nitrogens with one attached hydrogen (secondary N) is 1. The lowest BCUT2D eigenvalue weighted by Gasteiger charge is -2.19. The first-order chi connectivity index (χ1) is 9.90. The summed E-state index contributed by atoms with van der Waals surface area (Å²) in [4.78, 5) is 11.9. The Labute approximate surface area is 128 Å². The van der Waals surface area contributed by atoms with Gasteiger partial charge >= 0.3 is 10.2 Å². The first-order valence-corrected chi connectivity index (χ1v) is 7.83. The van der Waals surface area contributed by atoms with Gasteiger partial charge in [-0.15, -0.1) is 0 Å². The highest BCUT2D eigenvalue weighted by Gasteiger charge is 2.21. The van der Waals surface area contributed by atoms with E-state index >= 15 is 0 Å². The molecule has 2 aromatic carbocycles. The minimum absolute atomic E-state index is 0.212. The van der Waals surface area contributed by atoms with Gasteiger partial charge < -0.3 is 0 Å². The maximum atomic E-state index is 12.1. The van der Waals surface area contributed by atoms with Crippen LogP contribution in [-0.2, 0) is 10.2 Å². The highest BCUT2D eigenvalue weighted by atomic mass is 35.5. The molecule has 0 atom stereocenters. The Morgan fingerprint density at radius 2 is 1.62 bits per heavy atom. The Balaban J connectivity index is 2.17. The topological polar surface area (TPSA) is 66.5 Å². The van der Waals surface area contributed by atoms with E-state index in [2.05, 4.69) is 0 Å². The quantitative estimate of drug-likeness (QED) is 0.939. The summed E-state index contributed by atoms with van der Waals surface area (Å²) in [6.45, 7) is 0. The summed E-state index contributed by atoms with van der Waals surface area (Å²) in [7, 11) is -2.60. The second-order valence-corrected chi connectivity index (χ2v) is 6.38. The van der Waals surface area contributed by atoms with Crippen molar-refractivity contribution in [2.24, 2.45) is 0 Å². The van der Waals surface area contributed by atoms with E-state index in [0.717, 1.165) is 4.31 Å². The Kier molecular flexibility index (Phi) is 4.50. The Morgan fingerprint density at radius 3 is 2.19 bits per heavy atom. The lowest BCUT2D eigenvalue weighted by Crippen LogP contribution is -2.41. The van der Waals surface area contributed by atoms with Gasteiger partial charge in [-0.2, -0.15) is 8.42 Å². The molecule has 0 aromatic heterocycles. The second kappa shape index (κ2) is 6.15. The van der Waals surface area contributed by atoms with Crippen LogP contribution in [0.15, 0.2) is 54.6 Å². The van der Waals surface area contributed by atoms with Gasteiger partial charge in [0, 0.05) is 17.6 Å². The third-order valence-corrected chi connectivity index (χ3v) is 4.44. The SMILES string of the molecule is CN(c1ccccc1)S(=O)(=O)NC(=O)c1ccc(Cl)cc1. The average Bonchev–Trinajstić information content (AvgIpc) is 2.47. The van der Waals surface area contributed by atoms with E-state index in [4.69, 9.17) is 11.6 Å². The van der Waals surface area contributed by atoms with E-state index in [0.29, 0.717) is 10.7 Å². The Morgan fingerprint density at radius 1 is 1.05 bits per heavy atom. The van der Waals surface area contributed by atoms with Gasteiger partial charge in [-0.05, 0) is 36.4 Å². The molecule has 0 aliphatic heterocycles.